The number of Topliss-reactive ketones (excluding diaryl/α,β-unsaturated/α-hetero) is 1. The molecular formula is C31H39NO4. The number of likely N-dealkylation sites (tertiary alicyclic amines) is 1. The van der Waals surface area contributed by atoms with E-state index in [1.165, 1.54) is 23.1 Å². The van der Waals surface area contributed by atoms with Crippen LogP contribution >= 0.6 is 0 Å². The summed E-state index contributed by atoms with van der Waals surface area (Å²) in [7, 11) is 0. The van der Waals surface area contributed by atoms with Crippen LogP contribution in [0.2, 0.25) is 0 Å². The maximum absolute atomic E-state index is 13.1. The molecule has 0 radical (unpaired) electrons. The fourth-order valence-electron chi connectivity index (χ4n) is 5.53. The van der Waals surface area contributed by atoms with Crippen molar-refractivity contribution in [2.24, 2.45) is 5.92 Å². The Hall–Kier alpha value is -2.76. The molecule has 3 atom stereocenters. The number of nitrogens with zero attached hydrogens (tertiary/aromatic N) is 1. The number of carbonyl (C=O) groups is 2. The monoisotopic (exact) mass is 489 g/mol. The largest absolute Gasteiger partial charge is 0.481 e. The number of hydrogen-bond acceptors (Lipinski definition) is 4. The minimum absolute atomic E-state index is 0.0668. The van der Waals surface area contributed by atoms with Crippen molar-refractivity contribution in [1.29, 1.82) is 0 Å². The van der Waals surface area contributed by atoms with Gasteiger partial charge in [0.15, 0.2) is 5.78 Å². The molecule has 5 heteroatoms. The highest BCUT2D eigenvalue weighted by Crippen LogP contribution is 2.35. The molecule has 1 heterocycles. The lowest BCUT2D eigenvalue weighted by Gasteiger charge is -2.35. The highest BCUT2D eigenvalue weighted by molar-refractivity contribution is 5.87. The zero-order chi connectivity index (χ0) is 25.3. The molecule has 1 N–H and O–H groups in total. The standard InChI is InChI=1S/C31H39NO4/c1-23-11-15-25(16-12-23)26-17-13-24(14-18-26)22-36-29-21-28(33)31(32-19-7-4-8-20-32)27(29)9-5-2-3-6-10-30(34)35/h2,5,11-18,27,29,31H,3-4,6-10,19-22H2,1H3,(H,34,35)/b5-2-/t27-,29-,31+/m0/s1. The Kier molecular flexibility index (Phi) is 9.48. The molecular weight excluding hydrogens is 450 g/mol. The zero-order valence-electron chi connectivity index (χ0n) is 21.4. The second-order valence-electron chi connectivity index (χ2n) is 10.3. The number of aliphatic carboxylic acids is 1. The van der Waals surface area contributed by atoms with E-state index >= 15 is 0 Å². The smallest absolute Gasteiger partial charge is 0.303 e. The first-order valence-corrected chi connectivity index (χ1v) is 13.4. The lowest BCUT2D eigenvalue weighted by molar-refractivity contribution is -0.137. The van der Waals surface area contributed by atoms with Crippen molar-refractivity contribution >= 4 is 11.8 Å². The molecule has 0 unspecified atom stereocenters. The van der Waals surface area contributed by atoms with E-state index in [2.05, 4.69) is 72.5 Å². The molecule has 2 aliphatic rings. The van der Waals surface area contributed by atoms with Gasteiger partial charge in [0.1, 0.15) is 0 Å². The molecule has 4 rings (SSSR count). The van der Waals surface area contributed by atoms with Crippen LogP contribution in [0, 0.1) is 12.8 Å². The van der Waals surface area contributed by atoms with Crippen LogP contribution in [0.15, 0.2) is 60.7 Å². The molecule has 2 aromatic rings. The fourth-order valence-corrected chi connectivity index (χ4v) is 5.53. The number of aryl methyl sites for hydroxylation is 1. The van der Waals surface area contributed by atoms with Crippen LogP contribution in [0.4, 0.5) is 0 Å². The van der Waals surface area contributed by atoms with Gasteiger partial charge in [-0.1, -0.05) is 72.7 Å². The van der Waals surface area contributed by atoms with E-state index < -0.39 is 5.97 Å². The number of piperidine rings is 1. The third-order valence-corrected chi connectivity index (χ3v) is 7.54. The lowest BCUT2D eigenvalue weighted by atomic mass is 9.93. The van der Waals surface area contributed by atoms with Crippen molar-refractivity contribution in [2.45, 2.75) is 77.0 Å². The van der Waals surface area contributed by atoms with Gasteiger partial charge in [-0.05, 0) is 68.8 Å². The molecule has 1 saturated heterocycles. The van der Waals surface area contributed by atoms with Gasteiger partial charge in [-0.3, -0.25) is 14.5 Å². The summed E-state index contributed by atoms with van der Waals surface area (Å²) in [6, 6.07) is 17.0. The lowest BCUT2D eigenvalue weighted by Crippen LogP contribution is -2.46. The molecule has 2 aromatic carbocycles. The van der Waals surface area contributed by atoms with Crippen LogP contribution in [0.5, 0.6) is 0 Å². The first kappa shape index (κ1) is 26.3. The van der Waals surface area contributed by atoms with Gasteiger partial charge in [0.25, 0.3) is 0 Å². The van der Waals surface area contributed by atoms with E-state index in [1.54, 1.807) is 0 Å². The number of rotatable bonds is 11. The second kappa shape index (κ2) is 13.0. The SMILES string of the molecule is Cc1ccc(-c2ccc(CO[C@H]3CC(=O)[C@H](N4CCCCC4)[C@H]3C/C=C\CCCC(=O)O)cc2)cc1. The van der Waals surface area contributed by atoms with E-state index in [1.807, 2.05) is 0 Å². The van der Waals surface area contributed by atoms with Gasteiger partial charge < -0.3 is 9.84 Å². The predicted octanol–water partition coefficient (Wildman–Crippen LogP) is 6.19. The summed E-state index contributed by atoms with van der Waals surface area (Å²) in [5.41, 5.74) is 4.75. The number of ether oxygens (including phenoxy) is 1. The van der Waals surface area contributed by atoms with Crippen LogP contribution in [0.1, 0.15) is 62.5 Å². The normalized spacial score (nSPS) is 22.9. The molecule has 36 heavy (non-hydrogen) atoms. The molecule has 0 aromatic heterocycles. The quantitative estimate of drug-likeness (QED) is 0.301. The molecule has 2 fully saturated rings. The van der Waals surface area contributed by atoms with Crippen LogP contribution in [0.25, 0.3) is 11.1 Å². The fraction of sp³-hybridized carbons (Fsp3) is 0.484. The van der Waals surface area contributed by atoms with Gasteiger partial charge in [0.2, 0.25) is 0 Å². The minimum atomic E-state index is -0.754. The first-order valence-electron chi connectivity index (χ1n) is 13.4. The number of allylic oxidation sites excluding steroid dienone is 2. The van der Waals surface area contributed by atoms with Crippen LogP contribution in [0.3, 0.4) is 0 Å². The van der Waals surface area contributed by atoms with Crippen molar-refractivity contribution in [3.63, 3.8) is 0 Å². The van der Waals surface area contributed by atoms with Crippen molar-refractivity contribution in [3.8, 4) is 11.1 Å². The van der Waals surface area contributed by atoms with Crippen molar-refractivity contribution in [2.75, 3.05) is 13.1 Å². The molecule has 1 aliphatic heterocycles. The van der Waals surface area contributed by atoms with Gasteiger partial charge in [0.05, 0.1) is 18.8 Å². The first-order chi connectivity index (χ1) is 17.5. The highest BCUT2D eigenvalue weighted by Gasteiger charge is 2.45. The third kappa shape index (κ3) is 7.14. The summed E-state index contributed by atoms with van der Waals surface area (Å²) in [5, 5.41) is 8.84. The summed E-state index contributed by atoms with van der Waals surface area (Å²) in [5.74, 6) is -0.311. The van der Waals surface area contributed by atoms with Crippen LogP contribution in [-0.2, 0) is 20.9 Å². The third-order valence-electron chi connectivity index (χ3n) is 7.54. The summed E-state index contributed by atoms with van der Waals surface area (Å²) in [6.07, 6.45) is 10.5. The average molecular weight is 490 g/mol. The van der Waals surface area contributed by atoms with Gasteiger partial charge in [0, 0.05) is 18.8 Å². The summed E-state index contributed by atoms with van der Waals surface area (Å²) in [4.78, 5) is 26.3. The maximum Gasteiger partial charge on any atom is 0.303 e. The molecule has 5 nitrogen and oxygen atoms in total. The second-order valence-corrected chi connectivity index (χ2v) is 10.3. The Morgan fingerprint density at radius 1 is 1.00 bits per heavy atom. The van der Waals surface area contributed by atoms with Crippen molar-refractivity contribution < 1.29 is 19.4 Å². The van der Waals surface area contributed by atoms with E-state index in [0.717, 1.165) is 44.3 Å². The number of hydrogen-bond donors (Lipinski definition) is 1. The molecule has 0 amide bonds. The number of carboxylic acids is 1. The molecule has 0 bridgehead atoms. The predicted molar refractivity (Wildman–Crippen MR) is 143 cm³/mol. The molecule has 1 saturated carbocycles. The van der Waals surface area contributed by atoms with Crippen LogP contribution in [-0.4, -0.2) is 47.0 Å². The highest BCUT2D eigenvalue weighted by atomic mass is 16.5. The van der Waals surface area contributed by atoms with E-state index in [4.69, 9.17) is 9.84 Å². The van der Waals surface area contributed by atoms with Gasteiger partial charge in [-0.2, -0.15) is 0 Å². The maximum atomic E-state index is 13.1. The summed E-state index contributed by atoms with van der Waals surface area (Å²) in [6.45, 7) is 4.57. The van der Waals surface area contributed by atoms with E-state index in [0.29, 0.717) is 25.2 Å². The summed E-state index contributed by atoms with van der Waals surface area (Å²) >= 11 is 0. The number of ketones is 1. The Morgan fingerprint density at radius 2 is 1.67 bits per heavy atom. The summed E-state index contributed by atoms with van der Waals surface area (Å²) < 4.78 is 6.40. The Morgan fingerprint density at radius 3 is 2.33 bits per heavy atom. The van der Waals surface area contributed by atoms with E-state index in [-0.39, 0.29) is 24.5 Å². The minimum Gasteiger partial charge on any atom is -0.481 e. The number of carboxylic acid groups (broad SMARTS) is 1. The van der Waals surface area contributed by atoms with Crippen LogP contribution < -0.4 is 0 Å². The van der Waals surface area contributed by atoms with Gasteiger partial charge in [-0.15, -0.1) is 0 Å². The number of unbranched alkanes of at least 4 members (excludes halogenated alkanes) is 1. The molecule has 1 aliphatic carbocycles. The zero-order valence-corrected chi connectivity index (χ0v) is 21.4. The average Bonchev–Trinajstić information content (AvgIpc) is 3.20. The van der Waals surface area contributed by atoms with Gasteiger partial charge in [-0.25, -0.2) is 0 Å². The van der Waals surface area contributed by atoms with E-state index in [9.17, 15) is 9.59 Å². The topological polar surface area (TPSA) is 66.8 Å². The Labute approximate surface area is 215 Å². The van der Waals surface area contributed by atoms with Crippen molar-refractivity contribution in [3.05, 3.63) is 71.8 Å². The number of carbonyl (C=O) groups excluding carboxylic acids is 1. The Balaban J connectivity index is 1.38. The van der Waals surface area contributed by atoms with Gasteiger partial charge >= 0.3 is 5.97 Å². The Bertz CT molecular complexity index is 1020. The molecule has 0 spiro atoms. The molecule has 192 valence electrons. The van der Waals surface area contributed by atoms with Crippen molar-refractivity contribution in [1.82, 2.24) is 4.90 Å². The number of benzene rings is 2.